The third kappa shape index (κ3) is 3.19. The topological polar surface area (TPSA) is 80.0 Å². The van der Waals surface area contributed by atoms with E-state index in [2.05, 4.69) is 31.5 Å². The van der Waals surface area contributed by atoms with Gasteiger partial charge in [0.15, 0.2) is 5.13 Å². The average Bonchev–Trinajstić information content (AvgIpc) is 2.78. The molecule has 1 aromatic heterocycles. The Morgan fingerprint density at radius 1 is 1.38 bits per heavy atom. The largest absolute Gasteiger partial charge is 0.382 e. The molecule has 2 aromatic rings. The molecular weight excluding hydrogens is 352 g/mol. The molecule has 110 valence electrons. The van der Waals surface area contributed by atoms with Gasteiger partial charge in [-0.05, 0) is 47.3 Å². The monoisotopic (exact) mass is 366 g/mol. The number of carbonyl (C=O) groups excluding carboxylic acids is 1. The maximum Gasteiger partial charge on any atom is 0.269 e. The molecule has 1 fully saturated rings. The zero-order chi connectivity index (χ0) is 14.8. The normalized spacial score (nSPS) is 14.5. The highest BCUT2D eigenvalue weighted by Crippen LogP contribution is 2.30. The Balaban J connectivity index is 1.73. The summed E-state index contributed by atoms with van der Waals surface area (Å²) in [5.41, 5.74) is 6.57. The Kier molecular flexibility index (Phi) is 4.12. The third-order valence-electron chi connectivity index (χ3n) is 3.41. The van der Waals surface area contributed by atoms with Crippen LogP contribution in [-0.2, 0) is 0 Å². The molecule has 1 aliphatic rings. The van der Waals surface area contributed by atoms with E-state index >= 15 is 0 Å². The van der Waals surface area contributed by atoms with Gasteiger partial charge in [-0.25, -0.2) is 4.98 Å². The number of nitrogen functional groups attached to an aromatic ring is 1. The number of thiazole rings is 1. The molecule has 1 saturated carbocycles. The lowest BCUT2D eigenvalue weighted by Gasteiger charge is -2.25. The fourth-order valence-electron chi connectivity index (χ4n) is 2.03. The van der Waals surface area contributed by atoms with E-state index in [9.17, 15) is 4.79 Å². The number of nitrogens with two attached hydrogens (primary N) is 1. The van der Waals surface area contributed by atoms with Crippen LogP contribution in [0, 0.1) is 0 Å². The minimum atomic E-state index is -0.237. The molecule has 4 N–H and O–H groups in total. The van der Waals surface area contributed by atoms with Gasteiger partial charge in [-0.3, -0.25) is 4.79 Å². The summed E-state index contributed by atoms with van der Waals surface area (Å²) in [4.78, 5) is 17.0. The minimum Gasteiger partial charge on any atom is -0.382 e. The van der Waals surface area contributed by atoms with Crippen molar-refractivity contribution < 1.29 is 4.79 Å². The van der Waals surface area contributed by atoms with Crippen LogP contribution >= 0.6 is 27.3 Å². The van der Waals surface area contributed by atoms with Gasteiger partial charge in [0.2, 0.25) is 0 Å². The lowest BCUT2D eigenvalue weighted by Crippen LogP contribution is -2.26. The molecule has 1 amide bonds. The Morgan fingerprint density at radius 2 is 2.14 bits per heavy atom. The van der Waals surface area contributed by atoms with Crippen LogP contribution in [0.4, 0.5) is 16.6 Å². The van der Waals surface area contributed by atoms with E-state index < -0.39 is 0 Å². The highest BCUT2D eigenvalue weighted by atomic mass is 79.9. The first-order valence-electron chi connectivity index (χ1n) is 6.72. The van der Waals surface area contributed by atoms with Gasteiger partial charge in [0.05, 0.1) is 5.69 Å². The maximum absolute atomic E-state index is 12.3. The minimum absolute atomic E-state index is 0.237. The molecular formula is C14H15BrN4OS. The van der Waals surface area contributed by atoms with Crippen molar-refractivity contribution in [3.8, 4) is 0 Å². The van der Waals surface area contributed by atoms with E-state index in [1.807, 2.05) is 24.3 Å². The van der Waals surface area contributed by atoms with E-state index in [4.69, 9.17) is 5.73 Å². The summed E-state index contributed by atoms with van der Waals surface area (Å²) in [7, 11) is 0. The number of rotatable bonds is 4. The van der Waals surface area contributed by atoms with Crippen LogP contribution in [-0.4, -0.2) is 16.9 Å². The molecule has 0 atom stereocenters. The molecule has 0 bridgehead atoms. The molecule has 3 rings (SSSR count). The molecule has 7 heteroatoms. The quantitative estimate of drug-likeness (QED) is 0.770. The smallest absolute Gasteiger partial charge is 0.269 e. The number of nitrogens with zero attached hydrogens (tertiary/aromatic N) is 1. The number of hydrogen-bond donors (Lipinski definition) is 3. The van der Waals surface area contributed by atoms with Crippen molar-refractivity contribution in [3.05, 3.63) is 33.6 Å². The van der Waals surface area contributed by atoms with E-state index in [0.29, 0.717) is 16.6 Å². The molecule has 1 heterocycles. The van der Waals surface area contributed by atoms with Crippen LogP contribution in [0.25, 0.3) is 0 Å². The number of carbonyl (C=O) groups is 1. The number of anilines is 3. The van der Waals surface area contributed by atoms with E-state index in [1.54, 1.807) is 0 Å². The molecule has 21 heavy (non-hydrogen) atoms. The summed E-state index contributed by atoms with van der Waals surface area (Å²) in [5, 5.41) is 6.86. The van der Waals surface area contributed by atoms with Gasteiger partial charge in [-0.1, -0.05) is 23.5 Å². The number of benzene rings is 1. The highest BCUT2D eigenvalue weighted by Gasteiger charge is 2.21. The van der Waals surface area contributed by atoms with Crippen molar-refractivity contribution in [3.63, 3.8) is 0 Å². The standard InChI is InChI=1S/C14H15BrN4OS/c15-9-6-1-2-7-10(9)18-13(20)11-12(16)19-14(21-11)17-8-4-3-5-8/h1-2,6-8H,3-5,16H2,(H,17,19)(H,18,20). The fourth-order valence-corrected chi connectivity index (χ4v) is 3.27. The molecule has 0 radical (unpaired) electrons. The van der Waals surface area contributed by atoms with Crippen LogP contribution < -0.4 is 16.4 Å². The second-order valence-electron chi connectivity index (χ2n) is 4.94. The molecule has 1 aliphatic carbocycles. The lowest BCUT2D eigenvalue weighted by molar-refractivity contribution is 0.103. The van der Waals surface area contributed by atoms with Gasteiger partial charge in [0.1, 0.15) is 10.7 Å². The van der Waals surface area contributed by atoms with Gasteiger partial charge < -0.3 is 16.4 Å². The summed E-state index contributed by atoms with van der Waals surface area (Å²) in [5.74, 6) is 0.0323. The van der Waals surface area contributed by atoms with E-state index in [0.717, 1.165) is 22.4 Å². The Hall–Kier alpha value is -1.60. The molecule has 0 aliphatic heterocycles. The summed E-state index contributed by atoms with van der Waals surface area (Å²) < 4.78 is 0.828. The second kappa shape index (κ2) is 6.03. The summed E-state index contributed by atoms with van der Waals surface area (Å²) >= 11 is 4.70. The maximum atomic E-state index is 12.3. The van der Waals surface area contributed by atoms with Gasteiger partial charge in [-0.2, -0.15) is 0 Å². The summed E-state index contributed by atoms with van der Waals surface area (Å²) in [6, 6.07) is 7.92. The number of para-hydroxylation sites is 1. The van der Waals surface area contributed by atoms with E-state index in [1.165, 1.54) is 17.8 Å². The average molecular weight is 367 g/mol. The van der Waals surface area contributed by atoms with Gasteiger partial charge >= 0.3 is 0 Å². The Labute approximate surface area is 135 Å². The van der Waals surface area contributed by atoms with Crippen molar-refractivity contribution in [1.82, 2.24) is 4.98 Å². The van der Waals surface area contributed by atoms with Crippen LogP contribution in [0.3, 0.4) is 0 Å². The number of nitrogens with one attached hydrogen (secondary N) is 2. The van der Waals surface area contributed by atoms with Crippen molar-refractivity contribution in [2.24, 2.45) is 0 Å². The number of aromatic nitrogens is 1. The van der Waals surface area contributed by atoms with Crippen molar-refractivity contribution in [1.29, 1.82) is 0 Å². The fraction of sp³-hybridized carbons (Fsp3) is 0.286. The lowest BCUT2D eigenvalue weighted by atomic mass is 9.93. The number of amides is 1. The first-order chi connectivity index (χ1) is 10.1. The van der Waals surface area contributed by atoms with Crippen LogP contribution in [0.5, 0.6) is 0 Å². The predicted octanol–water partition coefficient (Wildman–Crippen LogP) is 3.70. The zero-order valence-corrected chi connectivity index (χ0v) is 13.6. The molecule has 0 saturated heterocycles. The predicted molar refractivity (Wildman–Crippen MR) is 89.9 cm³/mol. The zero-order valence-electron chi connectivity index (χ0n) is 11.2. The third-order valence-corrected chi connectivity index (χ3v) is 5.11. The van der Waals surface area contributed by atoms with Crippen molar-refractivity contribution in [2.75, 3.05) is 16.4 Å². The first kappa shape index (κ1) is 14.3. The summed E-state index contributed by atoms with van der Waals surface area (Å²) in [6.45, 7) is 0. The Bertz CT molecular complexity index is 669. The van der Waals surface area contributed by atoms with Gasteiger partial charge in [0, 0.05) is 10.5 Å². The number of hydrogen-bond acceptors (Lipinski definition) is 5. The highest BCUT2D eigenvalue weighted by molar-refractivity contribution is 9.10. The molecule has 1 aromatic carbocycles. The molecule has 5 nitrogen and oxygen atoms in total. The van der Waals surface area contributed by atoms with Crippen molar-refractivity contribution in [2.45, 2.75) is 25.3 Å². The van der Waals surface area contributed by atoms with Crippen LogP contribution in [0.2, 0.25) is 0 Å². The van der Waals surface area contributed by atoms with Crippen molar-refractivity contribution >= 4 is 49.8 Å². The SMILES string of the molecule is Nc1nc(NC2CCC2)sc1C(=O)Nc1ccccc1Br. The summed E-state index contributed by atoms with van der Waals surface area (Å²) in [6.07, 6.45) is 3.55. The molecule has 0 spiro atoms. The second-order valence-corrected chi connectivity index (χ2v) is 6.79. The van der Waals surface area contributed by atoms with E-state index in [-0.39, 0.29) is 11.7 Å². The van der Waals surface area contributed by atoms with Crippen LogP contribution in [0.1, 0.15) is 28.9 Å². The van der Waals surface area contributed by atoms with Crippen LogP contribution in [0.15, 0.2) is 28.7 Å². The number of halogens is 1. The van der Waals surface area contributed by atoms with Gasteiger partial charge in [-0.15, -0.1) is 0 Å². The molecule has 0 unspecified atom stereocenters. The first-order valence-corrected chi connectivity index (χ1v) is 8.33. The van der Waals surface area contributed by atoms with Gasteiger partial charge in [0.25, 0.3) is 5.91 Å². The Morgan fingerprint density at radius 3 is 2.81 bits per heavy atom.